The van der Waals surface area contributed by atoms with Crippen LogP contribution in [0.3, 0.4) is 0 Å². The van der Waals surface area contributed by atoms with Gasteiger partial charge in [-0.2, -0.15) is 0 Å². The van der Waals surface area contributed by atoms with E-state index in [0.29, 0.717) is 5.02 Å². The molecule has 0 bridgehead atoms. The maximum absolute atomic E-state index is 12.1. The lowest BCUT2D eigenvalue weighted by Gasteiger charge is -2.16. The van der Waals surface area contributed by atoms with Crippen LogP contribution >= 0.6 is 23.2 Å². The second-order valence-corrected chi connectivity index (χ2v) is 8.15. The molecule has 0 spiro atoms. The molecule has 2 aromatic rings. The summed E-state index contributed by atoms with van der Waals surface area (Å²) in [4.78, 5) is 12.2. The predicted molar refractivity (Wildman–Crippen MR) is 96.6 cm³/mol. The van der Waals surface area contributed by atoms with Crippen molar-refractivity contribution in [2.75, 3.05) is 11.6 Å². The molecule has 0 aliphatic heterocycles. The first-order valence-electron chi connectivity index (χ1n) is 6.99. The van der Waals surface area contributed by atoms with Crippen LogP contribution < -0.4 is 10.6 Å². The molecule has 5 nitrogen and oxygen atoms in total. The van der Waals surface area contributed by atoms with Gasteiger partial charge in [-0.3, -0.25) is 0 Å². The second kappa shape index (κ2) is 7.42. The van der Waals surface area contributed by atoms with Crippen LogP contribution in [0, 0.1) is 0 Å². The van der Waals surface area contributed by atoms with Crippen molar-refractivity contribution >= 4 is 44.8 Å². The van der Waals surface area contributed by atoms with Crippen molar-refractivity contribution in [3.05, 3.63) is 58.1 Å². The van der Waals surface area contributed by atoms with Gasteiger partial charge in [0.25, 0.3) is 0 Å². The van der Waals surface area contributed by atoms with Gasteiger partial charge in [0.2, 0.25) is 0 Å². The van der Waals surface area contributed by atoms with Crippen LogP contribution in [0.25, 0.3) is 0 Å². The molecular formula is C16H16Cl2N2O3S. The average Bonchev–Trinajstić information content (AvgIpc) is 2.48. The Balaban J connectivity index is 2.12. The number of amides is 2. The van der Waals surface area contributed by atoms with Crippen LogP contribution in [0.4, 0.5) is 10.5 Å². The number of nitrogens with one attached hydrogen (secondary N) is 2. The number of hydrogen-bond donors (Lipinski definition) is 2. The van der Waals surface area contributed by atoms with Gasteiger partial charge in [-0.15, -0.1) is 0 Å². The predicted octanol–water partition coefficient (Wildman–Crippen LogP) is 4.28. The lowest BCUT2D eigenvalue weighted by atomic mass is 10.1. The van der Waals surface area contributed by atoms with Crippen LogP contribution in [0.15, 0.2) is 47.4 Å². The minimum absolute atomic E-state index is 0.0742. The van der Waals surface area contributed by atoms with Crippen LogP contribution in [0.5, 0.6) is 0 Å². The van der Waals surface area contributed by atoms with Gasteiger partial charge < -0.3 is 10.6 Å². The quantitative estimate of drug-likeness (QED) is 0.822. The van der Waals surface area contributed by atoms with Crippen molar-refractivity contribution < 1.29 is 13.2 Å². The summed E-state index contributed by atoms with van der Waals surface area (Å²) < 4.78 is 23.2. The molecule has 2 amide bonds. The third-order valence-electron chi connectivity index (χ3n) is 3.31. The standard InChI is InChI=1S/C16H16Cl2N2O3S/c1-10(11-4-3-5-12(17)8-11)19-16(21)20-15-9-13(24(2,22)23)6-7-14(15)18/h3-10H,1-2H3,(H2,19,20,21). The molecule has 1 unspecified atom stereocenters. The van der Waals surface area contributed by atoms with Gasteiger partial charge in [-0.1, -0.05) is 35.3 Å². The topological polar surface area (TPSA) is 75.3 Å². The summed E-state index contributed by atoms with van der Waals surface area (Å²) in [5, 5.41) is 6.12. The number of sulfone groups is 1. The summed E-state index contributed by atoms with van der Waals surface area (Å²) in [5.74, 6) is 0. The minimum Gasteiger partial charge on any atom is -0.331 e. The van der Waals surface area contributed by atoms with Crippen molar-refractivity contribution in [1.82, 2.24) is 5.32 Å². The van der Waals surface area contributed by atoms with Gasteiger partial charge in [-0.05, 0) is 42.8 Å². The molecule has 8 heteroatoms. The largest absolute Gasteiger partial charge is 0.331 e. The van der Waals surface area contributed by atoms with E-state index in [9.17, 15) is 13.2 Å². The Morgan fingerprint density at radius 1 is 1.12 bits per heavy atom. The smallest absolute Gasteiger partial charge is 0.319 e. The van der Waals surface area contributed by atoms with Gasteiger partial charge >= 0.3 is 6.03 Å². The fraction of sp³-hybridized carbons (Fsp3) is 0.188. The average molecular weight is 387 g/mol. The lowest BCUT2D eigenvalue weighted by molar-refractivity contribution is 0.249. The molecule has 2 aromatic carbocycles. The zero-order chi connectivity index (χ0) is 17.9. The van der Waals surface area contributed by atoms with Gasteiger partial charge in [0.1, 0.15) is 0 Å². The highest BCUT2D eigenvalue weighted by molar-refractivity contribution is 7.90. The second-order valence-electron chi connectivity index (χ2n) is 5.29. The SMILES string of the molecule is CC(NC(=O)Nc1cc(S(C)(=O)=O)ccc1Cl)c1cccc(Cl)c1. The first-order chi connectivity index (χ1) is 11.2. The fourth-order valence-electron chi connectivity index (χ4n) is 2.05. The van der Waals surface area contributed by atoms with Crippen molar-refractivity contribution in [3.63, 3.8) is 0 Å². The van der Waals surface area contributed by atoms with E-state index in [1.807, 2.05) is 6.07 Å². The maximum Gasteiger partial charge on any atom is 0.319 e. The minimum atomic E-state index is -3.39. The molecule has 24 heavy (non-hydrogen) atoms. The monoisotopic (exact) mass is 386 g/mol. The van der Waals surface area contributed by atoms with Gasteiger partial charge in [-0.25, -0.2) is 13.2 Å². The molecule has 2 rings (SSSR count). The van der Waals surface area contributed by atoms with E-state index in [-0.39, 0.29) is 21.6 Å². The molecule has 0 aromatic heterocycles. The zero-order valence-corrected chi connectivity index (χ0v) is 15.3. The molecule has 2 N–H and O–H groups in total. The van der Waals surface area contributed by atoms with Crippen LogP contribution in [0.2, 0.25) is 10.0 Å². The summed E-state index contributed by atoms with van der Waals surface area (Å²) in [6.45, 7) is 1.81. The molecule has 128 valence electrons. The van der Waals surface area contributed by atoms with E-state index >= 15 is 0 Å². The summed E-state index contributed by atoms with van der Waals surface area (Å²) in [6, 6.07) is 10.5. The molecule has 0 radical (unpaired) electrons. The Hall–Kier alpha value is -1.76. The van der Waals surface area contributed by atoms with E-state index in [1.54, 1.807) is 25.1 Å². The molecule has 0 aliphatic carbocycles. The Morgan fingerprint density at radius 2 is 1.83 bits per heavy atom. The van der Waals surface area contributed by atoms with Crippen LogP contribution in [0.1, 0.15) is 18.5 Å². The number of hydrogen-bond acceptors (Lipinski definition) is 3. The van der Waals surface area contributed by atoms with Gasteiger partial charge in [0, 0.05) is 11.3 Å². The molecule has 0 aliphatic rings. The third kappa shape index (κ3) is 4.87. The number of carbonyl (C=O) groups excluding carboxylic acids is 1. The summed E-state index contributed by atoms with van der Waals surface area (Å²) in [6.07, 6.45) is 1.08. The molecule has 0 saturated carbocycles. The summed E-state index contributed by atoms with van der Waals surface area (Å²) >= 11 is 11.9. The highest BCUT2D eigenvalue weighted by Crippen LogP contribution is 2.25. The summed E-state index contributed by atoms with van der Waals surface area (Å²) in [7, 11) is -3.39. The highest BCUT2D eigenvalue weighted by atomic mass is 35.5. The van der Waals surface area contributed by atoms with Crippen LogP contribution in [-0.4, -0.2) is 20.7 Å². The molecular weight excluding hydrogens is 371 g/mol. The summed E-state index contributed by atoms with van der Waals surface area (Å²) in [5.41, 5.74) is 1.06. The van der Waals surface area contributed by atoms with Crippen LogP contribution in [-0.2, 0) is 9.84 Å². The van der Waals surface area contributed by atoms with E-state index in [4.69, 9.17) is 23.2 Å². The van der Waals surface area contributed by atoms with Gasteiger partial charge in [0.15, 0.2) is 9.84 Å². The molecule has 0 saturated heterocycles. The first kappa shape index (κ1) is 18.6. The molecule has 0 heterocycles. The molecule has 1 atom stereocenters. The first-order valence-corrected chi connectivity index (χ1v) is 9.64. The number of anilines is 1. The number of carbonyl (C=O) groups is 1. The number of halogens is 2. The van der Waals surface area contributed by atoms with E-state index in [0.717, 1.165) is 11.8 Å². The lowest BCUT2D eigenvalue weighted by Crippen LogP contribution is -2.31. The van der Waals surface area contributed by atoms with Crippen molar-refractivity contribution in [2.24, 2.45) is 0 Å². The molecule has 0 fully saturated rings. The Morgan fingerprint density at radius 3 is 2.46 bits per heavy atom. The van der Waals surface area contributed by atoms with E-state index < -0.39 is 15.9 Å². The van der Waals surface area contributed by atoms with Crippen molar-refractivity contribution in [2.45, 2.75) is 17.9 Å². The maximum atomic E-state index is 12.1. The Labute approximate surface area is 150 Å². The zero-order valence-electron chi connectivity index (χ0n) is 13.0. The normalized spacial score (nSPS) is 12.5. The van der Waals surface area contributed by atoms with E-state index in [2.05, 4.69) is 10.6 Å². The Bertz CT molecular complexity index is 869. The number of rotatable bonds is 4. The highest BCUT2D eigenvalue weighted by Gasteiger charge is 2.14. The number of benzene rings is 2. The van der Waals surface area contributed by atoms with Crippen molar-refractivity contribution in [3.8, 4) is 0 Å². The van der Waals surface area contributed by atoms with Crippen molar-refractivity contribution in [1.29, 1.82) is 0 Å². The fourth-order valence-corrected chi connectivity index (χ4v) is 3.06. The van der Waals surface area contributed by atoms with E-state index in [1.165, 1.54) is 18.2 Å². The third-order valence-corrected chi connectivity index (χ3v) is 4.99. The number of urea groups is 1. The Kier molecular flexibility index (Phi) is 5.74. The van der Waals surface area contributed by atoms with Gasteiger partial charge in [0.05, 0.1) is 21.6 Å².